The van der Waals surface area contributed by atoms with Crippen LogP contribution in [-0.4, -0.2) is 43.3 Å². The second-order valence-electron chi connectivity index (χ2n) is 14.6. The van der Waals surface area contributed by atoms with Gasteiger partial charge in [-0.3, -0.25) is 19.0 Å². The van der Waals surface area contributed by atoms with E-state index in [1.807, 2.05) is 6.92 Å². The Labute approximate surface area is 351 Å². The van der Waals surface area contributed by atoms with Gasteiger partial charge in [0.15, 0.2) is 5.60 Å². The van der Waals surface area contributed by atoms with Crippen LogP contribution in [0.15, 0.2) is 75.4 Å². The minimum Gasteiger partial charge on any atom is -0.488 e. The predicted octanol–water partition coefficient (Wildman–Crippen LogP) is 10.2. The summed E-state index contributed by atoms with van der Waals surface area (Å²) < 4.78 is 61.4. The monoisotopic (exact) mass is 877 g/mol. The Morgan fingerprint density at radius 2 is 1.22 bits per heavy atom. The Morgan fingerprint density at radius 1 is 0.741 bits per heavy atom. The molecule has 10 nitrogen and oxygen atoms in total. The molecule has 0 fully saturated rings. The normalized spacial score (nSPS) is 17.1. The first kappa shape index (κ1) is 41.6. The summed E-state index contributed by atoms with van der Waals surface area (Å²) >= 11 is 25.1. The molecule has 58 heavy (non-hydrogen) atoms. The maximum atomic E-state index is 14.9. The summed E-state index contributed by atoms with van der Waals surface area (Å²) in [5.74, 6) is -1.20. The summed E-state index contributed by atoms with van der Waals surface area (Å²) in [5, 5.41) is 4.64. The molecule has 306 valence electrons. The fourth-order valence-electron chi connectivity index (χ4n) is 7.10. The summed E-state index contributed by atoms with van der Waals surface area (Å²) in [6.07, 6.45) is 3.88. The van der Waals surface area contributed by atoms with Crippen molar-refractivity contribution in [3.8, 4) is 33.8 Å². The molecule has 1 unspecified atom stereocenters. The van der Waals surface area contributed by atoms with E-state index in [-0.39, 0.29) is 78.5 Å². The topological polar surface area (TPSA) is 93.9 Å². The maximum absolute atomic E-state index is 14.9. The number of aromatic nitrogens is 4. The third-order valence-electron chi connectivity index (χ3n) is 10.0. The van der Waals surface area contributed by atoms with Crippen LogP contribution < -0.4 is 20.6 Å². The SMILES string of the molecule is C=C(C)COc1cc(-c2c(Cl)n3n(c2=O)CCCC3)c(F)cc1Cl.CC1(COc2cc(-c3c(Cl)n4n(c3=O)CCCC4)c(F)cc2Cl)CC(c2ccccc2F)=NO1. The van der Waals surface area contributed by atoms with Gasteiger partial charge in [-0.15, -0.1) is 0 Å². The highest BCUT2D eigenvalue weighted by molar-refractivity contribution is 6.34. The van der Waals surface area contributed by atoms with Gasteiger partial charge < -0.3 is 14.3 Å². The van der Waals surface area contributed by atoms with Crippen LogP contribution in [0.4, 0.5) is 13.2 Å². The van der Waals surface area contributed by atoms with Crippen LogP contribution in [0.2, 0.25) is 20.4 Å². The molecule has 17 heteroatoms. The Bertz CT molecular complexity index is 2580. The maximum Gasteiger partial charge on any atom is 0.276 e. The average Bonchev–Trinajstić information content (AvgIpc) is 3.80. The van der Waals surface area contributed by atoms with Gasteiger partial charge in [-0.1, -0.05) is 76.3 Å². The van der Waals surface area contributed by atoms with Crippen LogP contribution in [0.25, 0.3) is 22.3 Å². The molecular formula is C41H38Cl4F3N5O5. The smallest absolute Gasteiger partial charge is 0.276 e. The van der Waals surface area contributed by atoms with Crippen molar-refractivity contribution in [2.24, 2.45) is 5.16 Å². The fourth-order valence-corrected chi connectivity index (χ4v) is 8.23. The van der Waals surface area contributed by atoms with Crippen molar-refractivity contribution >= 4 is 52.1 Å². The first-order valence-corrected chi connectivity index (χ1v) is 20.1. The lowest BCUT2D eigenvalue weighted by Gasteiger charge is -2.22. The van der Waals surface area contributed by atoms with Gasteiger partial charge >= 0.3 is 0 Å². The van der Waals surface area contributed by atoms with Crippen LogP contribution in [0, 0.1) is 17.5 Å². The highest BCUT2D eigenvalue weighted by Gasteiger charge is 2.37. The highest BCUT2D eigenvalue weighted by Crippen LogP contribution is 2.38. The zero-order valence-corrected chi connectivity index (χ0v) is 34.6. The molecule has 3 aliphatic heterocycles. The zero-order valence-electron chi connectivity index (χ0n) is 31.5. The third kappa shape index (κ3) is 8.19. The van der Waals surface area contributed by atoms with Crippen molar-refractivity contribution in [1.29, 1.82) is 0 Å². The van der Waals surface area contributed by atoms with Crippen LogP contribution in [0.1, 0.15) is 51.5 Å². The molecular weight excluding hydrogens is 841 g/mol. The average molecular weight is 880 g/mol. The number of fused-ring (bicyclic) bond motifs is 2. The molecule has 0 aliphatic carbocycles. The molecule has 1 atom stereocenters. The molecule has 0 radical (unpaired) electrons. The number of oxime groups is 1. The Balaban J connectivity index is 0.000000188. The minimum atomic E-state index is -0.887. The first-order chi connectivity index (χ1) is 27.7. The number of halogens is 7. The second kappa shape index (κ2) is 17.0. The van der Waals surface area contributed by atoms with Gasteiger partial charge in [0, 0.05) is 49.3 Å². The van der Waals surface area contributed by atoms with Crippen molar-refractivity contribution in [3.63, 3.8) is 0 Å². The van der Waals surface area contributed by atoms with E-state index < -0.39 is 17.2 Å². The van der Waals surface area contributed by atoms with E-state index in [4.69, 9.17) is 60.7 Å². The van der Waals surface area contributed by atoms with E-state index in [1.54, 1.807) is 39.2 Å². The molecule has 8 rings (SSSR count). The van der Waals surface area contributed by atoms with Gasteiger partial charge in [0.1, 0.15) is 52.5 Å². The molecule has 2 aromatic heterocycles. The van der Waals surface area contributed by atoms with Gasteiger partial charge in [0.05, 0.1) is 26.9 Å². The number of ether oxygens (including phenoxy) is 2. The van der Waals surface area contributed by atoms with E-state index >= 15 is 0 Å². The molecule has 0 amide bonds. The lowest BCUT2D eigenvalue weighted by molar-refractivity contribution is -0.0356. The lowest BCUT2D eigenvalue weighted by atomic mass is 9.96. The molecule has 3 aliphatic rings. The standard InChI is InChI=1S/C24H21Cl2F2N3O3.C17H17Cl2FN2O2/c1-24(12-19(29-34-24)14-6-2-3-7-17(14)27)13-33-20-10-15(18(28)11-16(20)25)21-22(26)30-8-4-5-9-31(30)23(21)32;1-10(2)9-24-14-7-11(13(20)8-12(14)18)15-16(19)21-5-3-4-6-22(21)17(15)23/h2-3,6-7,10-11H,4-5,8-9,12-13H2,1H3;7-8H,1,3-6,9H2,2H3. The first-order valence-electron chi connectivity index (χ1n) is 18.5. The predicted molar refractivity (Wildman–Crippen MR) is 220 cm³/mol. The molecule has 0 N–H and O–H groups in total. The van der Waals surface area contributed by atoms with Gasteiger partial charge in [-0.2, -0.15) is 0 Å². The van der Waals surface area contributed by atoms with E-state index in [0.717, 1.165) is 43.4 Å². The van der Waals surface area contributed by atoms with Crippen LogP contribution in [-0.2, 0) is 31.0 Å². The molecule has 0 spiro atoms. The van der Waals surface area contributed by atoms with Gasteiger partial charge in [-0.05, 0) is 75.4 Å². The highest BCUT2D eigenvalue weighted by atomic mass is 35.5. The summed E-state index contributed by atoms with van der Waals surface area (Å²) in [6, 6.07) is 11.4. The van der Waals surface area contributed by atoms with E-state index in [9.17, 15) is 22.8 Å². The van der Waals surface area contributed by atoms with Crippen molar-refractivity contribution in [3.05, 3.63) is 125 Å². The second-order valence-corrected chi connectivity index (χ2v) is 16.2. The summed E-state index contributed by atoms with van der Waals surface area (Å²) in [5.41, 5.74) is 0.429. The number of hydrogen-bond acceptors (Lipinski definition) is 6. The number of benzene rings is 3. The lowest BCUT2D eigenvalue weighted by Crippen LogP contribution is -2.33. The fraction of sp³-hybridized carbons (Fsp3) is 0.341. The Morgan fingerprint density at radius 3 is 1.71 bits per heavy atom. The minimum absolute atomic E-state index is 0.0121. The molecule has 0 saturated heterocycles. The van der Waals surface area contributed by atoms with Crippen molar-refractivity contribution < 1.29 is 27.5 Å². The van der Waals surface area contributed by atoms with Crippen LogP contribution >= 0.6 is 46.4 Å². The number of hydrogen-bond donors (Lipinski definition) is 0. The van der Waals surface area contributed by atoms with Crippen molar-refractivity contribution in [2.75, 3.05) is 13.2 Å². The van der Waals surface area contributed by atoms with E-state index in [0.29, 0.717) is 49.6 Å². The van der Waals surface area contributed by atoms with E-state index in [1.165, 1.54) is 22.9 Å². The number of nitrogens with zero attached hydrogens (tertiary/aromatic N) is 5. The van der Waals surface area contributed by atoms with Gasteiger partial charge in [0.25, 0.3) is 11.1 Å². The Hall–Kier alpha value is -4.56. The summed E-state index contributed by atoms with van der Waals surface area (Å²) in [7, 11) is 0. The third-order valence-corrected chi connectivity index (χ3v) is 11.4. The molecule has 0 saturated carbocycles. The van der Waals surface area contributed by atoms with Gasteiger partial charge in [0.2, 0.25) is 0 Å². The molecule has 0 bridgehead atoms. The van der Waals surface area contributed by atoms with Crippen LogP contribution in [0.3, 0.4) is 0 Å². The zero-order chi connectivity index (χ0) is 41.5. The summed E-state index contributed by atoms with van der Waals surface area (Å²) in [6.45, 7) is 9.93. The molecule has 3 aromatic carbocycles. The van der Waals surface area contributed by atoms with E-state index in [2.05, 4.69) is 11.7 Å². The Kier molecular flexibility index (Phi) is 12.2. The van der Waals surface area contributed by atoms with Crippen LogP contribution in [0.5, 0.6) is 11.5 Å². The summed E-state index contributed by atoms with van der Waals surface area (Å²) in [4.78, 5) is 31.2. The quantitative estimate of drug-likeness (QED) is 0.138. The van der Waals surface area contributed by atoms with Crippen molar-refractivity contribution in [1.82, 2.24) is 18.7 Å². The molecule has 5 aromatic rings. The largest absolute Gasteiger partial charge is 0.488 e. The molecule has 5 heterocycles. The van der Waals surface area contributed by atoms with Crippen molar-refractivity contribution in [2.45, 2.75) is 77.7 Å². The van der Waals surface area contributed by atoms with Gasteiger partial charge in [-0.25, -0.2) is 22.5 Å². The number of rotatable bonds is 9.